The Bertz CT molecular complexity index is 708. The lowest BCUT2D eigenvalue weighted by Crippen LogP contribution is -2.27. The van der Waals surface area contributed by atoms with Gasteiger partial charge in [-0.1, -0.05) is 29.8 Å². The molecule has 118 valence electrons. The van der Waals surface area contributed by atoms with Gasteiger partial charge in [-0.2, -0.15) is 0 Å². The van der Waals surface area contributed by atoms with Crippen LogP contribution in [0.4, 0.5) is 16.2 Å². The lowest BCUT2D eigenvalue weighted by molar-refractivity contribution is -0.115. The van der Waals surface area contributed by atoms with E-state index in [2.05, 4.69) is 10.6 Å². The number of carbonyl (C=O) groups excluding carboxylic acids is 2. The summed E-state index contributed by atoms with van der Waals surface area (Å²) < 4.78 is 0. The molecule has 2 aromatic rings. The monoisotopic (exact) mass is 309 g/mol. The van der Waals surface area contributed by atoms with Gasteiger partial charge in [0.05, 0.1) is 6.42 Å². The van der Waals surface area contributed by atoms with Crippen LogP contribution in [0.1, 0.15) is 11.1 Å². The summed E-state index contributed by atoms with van der Waals surface area (Å²) in [6.45, 7) is 3.35. The molecule has 0 spiro atoms. The molecule has 2 aromatic carbocycles. The van der Waals surface area contributed by atoms with E-state index >= 15 is 0 Å². The van der Waals surface area contributed by atoms with Crippen LogP contribution in [-0.4, -0.2) is 25.0 Å². The molecule has 1 aliphatic rings. The van der Waals surface area contributed by atoms with Crippen LogP contribution < -0.4 is 15.5 Å². The third-order valence-corrected chi connectivity index (χ3v) is 3.80. The van der Waals surface area contributed by atoms with Gasteiger partial charge in [0.25, 0.3) is 0 Å². The largest absolute Gasteiger partial charge is 0.336 e. The first kappa shape index (κ1) is 15.1. The molecule has 0 atom stereocenters. The first-order valence-corrected chi connectivity index (χ1v) is 7.63. The molecule has 1 aliphatic heterocycles. The molecule has 3 amide bonds. The van der Waals surface area contributed by atoms with Gasteiger partial charge in [0, 0.05) is 24.5 Å². The van der Waals surface area contributed by atoms with Gasteiger partial charge in [0.1, 0.15) is 0 Å². The summed E-state index contributed by atoms with van der Waals surface area (Å²) >= 11 is 0. The van der Waals surface area contributed by atoms with Crippen molar-refractivity contribution in [3.8, 4) is 0 Å². The molecule has 3 rings (SSSR count). The lowest BCUT2D eigenvalue weighted by atomic mass is 10.1. The molecule has 0 bridgehead atoms. The lowest BCUT2D eigenvalue weighted by Gasteiger charge is -2.14. The van der Waals surface area contributed by atoms with Crippen molar-refractivity contribution in [1.82, 2.24) is 5.32 Å². The highest BCUT2D eigenvalue weighted by Gasteiger charge is 2.20. The second kappa shape index (κ2) is 6.52. The Hall–Kier alpha value is -2.82. The molecule has 5 nitrogen and oxygen atoms in total. The van der Waals surface area contributed by atoms with Crippen LogP contribution in [0.25, 0.3) is 0 Å². The van der Waals surface area contributed by atoms with Crippen molar-refractivity contribution in [2.24, 2.45) is 0 Å². The van der Waals surface area contributed by atoms with E-state index in [1.165, 1.54) is 5.56 Å². The molecule has 0 saturated carbocycles. The van der Waals surface area contributed by atoms with E-state index in [4.69, 9.17) is 0 Å². The van der Waals surface area contributed by atoms with Gasteiger partial charge in [0.15, 0.2) is 0 Å². The summed E-state index contributed by atoms with van der Waals surface area (Å²) in [5, 5.41) is 5.64. The third kappa shape index (κ3) is 3.69. The first-order valence-electron chi connectivity index (χ1n) is 7.63. The third-order valence-electron chi connectivity index (χ3n) is 3.80. The molecular formula is C18H19N3O2. The SMILES string of the molecule is Cc1ccc(CC(=O)Nc2ccc(N3CCNC3=O)cc2)cc1. The predicted octanol–water partition coefficient (Wildman–Crippen LogP) is 2.71. The number of carbonyl (C=O) groups is 2. The summed E-state index contributed by atoms with van der Waals surface area (Å²) in [4.78, 5) is 25.4. The molecule has 1 fully saturated rings. The number of nitrogens with one attached hydrogen (secondary N) is 2. The number of benzene rings is 2. The number of urea groups is 1. The Labute approximate surface area is 135 Å². The molecule has 0 aromatic heterocycles. The van der Waals surface area contributed by atoms with E-state index in [-0.39, 0.29) is 11.9 Å². The standard InChI is InChI=1S/C18H19N3O2/c1-13-2-4-14(5-3-13)12-17(22)20-15-6-8-16(9-7-15)21-11-10-19-18(21)23/h2-9H,10-12H2,1H3,(H,19,23)(H,20,22). The zero-order valence-electron chi connectivity index (χ0n) is 13.0. The van der Waals surface area contributed by atoms with Crippen molar-refractivity contribution >= 4 is 23.3 Å². The van der Waals surface area contributed by atoms with E-state index in [1.54, 1.807) is 4.90 Å². The minimum Gasteiger partial charge on any atom is -0.336 e. The first-order chi connectivity index (χ1) is 11.1. The average Bonchev–Trinajstić information content (AvgIpc) is 2.96. The van der Waals surface area contributed by atoms with Crippen LogP contribution in [0.5, 0.6) is 0 Å². The molecular weight excluding hydrogens is 290 g/mol. The minimum absolute atomic E-state index is 0.0551. The van der Waals surface area contributed by atoms with Gasteiger partial charge < -0.3 is 10.6 Å². The molecule has 0 unspecified atom stereocenters. The number of aryl methyl sites for hydroxylation is 1. The Balaban J connectivity index is 1.60. The number of nitrogens with zero attached hydrogens (tertiary/aromatic N) is 1. The van der Waals surface area contributed by atoms with Crippen LogP contribution in [-0.2, 0) is 11.2 Å². The van der Waals surface area contributed by atoms with E-state index in [0.29, 0.717) is 19.5 Å². The van der Waals surface area contributed by atoms with Gasteiger partial charge >= 0.3 is 6.03 Å². The van der Waals surface area contributed by atoms with Crippen molar-refractivity contribution in [3.63, 3.8) is 0 Å². The minimum atomic E-state index is -0.0823. The maximum atomic E-state index is 12.1. The second-order valence-electron chi connectivity index (χ2n) is 5.64. The Morgan fingerprint density at radius 3 is 2.43 bits per heavy atom. The Morgan fingerprint density at radius 2 is 1.83 bits per heavy atom. The highest BCUT2D eigenvalue weighted by Crippen LogP contribution is 2.19. The number of hydrogen-bond acceptors (Lipinski definition) is 2. The predicted molar refractivity (Wildman–Crippen MR) is 90.7 cm³/mol. The summed E-state index contributed by atoms with van der Waals surface area (Å²) in [6.07, 6.45) is 0.344. The maximum absolute atomic E-state index is 12.1. The molecule has 0 aliphatic carbocycles. The van der Waals surface area contributed by atoms with Gasteiger partial charge in [0.2, 0.25) is 5.91 Å². The van der Waals surface area contributed by atoms with E-state index in [1.807, 2.05) is 55.5 Å². The molecule has 1 heterocycles. The van der Waals surface area contributed by atoms with Crippen molar-refractivity contribution in [1.29, 1.82) is 0 Å². The smallest absolute Gasteiger partial charge is 0.321 e. The van der Waals surface area contributed by atoms with Crippen LogP contribution in [0.3, 0.4) is 0 Å². The highest BCUT2D eigenvalue weighted by atomic mass is 16.2. The fourth-order valence-corrected chi connectivity index (χ4v) is 2.54. The highest BCUT2D eigenvalue weighted by molar-refractivity contribution is 5.95. The maximum Gasteiger partial charge on any atom is 0.321 e. The topological polar surface area (TPSA) is 61.4 Å². The quantitative estimate of drug-likeness (QED) is 0.912. The van der Waals surface area contributed by atoms with Gasteiger partial charge in [-0.3, -0.25) is 9.69 Å². The van der Waals surface area contributed by atoms with Crippen LogP contribution >= 0.6 is 0 Å². The van der Waals surface area contributed by atoms with Gasteiger partial charge in [-0.15, -0.1) is 0 Å². The van der Waals surface area contributed by atoms with Crippen LogP contribution in [0.15, 0.2) is 48.5 Å². The average molecular weight is 309 g/mol. The zero-order chi connectivity index (χ0) is 16.2. The summed E-state index contributed by atoms with van der Waals surface area (Å²) in [6, 6.07) is 15.1. The Morgan fingerprint density at radius 1 is 1.13 bits per heavy atom. The zero-order valence-corrected chi connectivity index (χ0v) is 13.0. The fourth-order valence-electron chi connectivity index (χ4n) is 2.54. The molecule has 23 heavy (non-hydrogen) atoms. The van der Waals surface area contributed by atoms with E-state index < -0.39 is 0 Å². The van der Waals surface area contributed by atoms with Gasteiger partial charge in [-0.25, -0.2) is 4.79 Å². The van der Waals surface area contributed by atoms with Crippen molar-refractivity contribution in [2.45, 2.75) is 13.3 Å². The van der Waals surface area contributed by atoms with Crippen molar-refractivity contribution in [2.75, 3.05) is 23.3 Å². The Kier molecular flexibility index (Phi) is 4.28. The normalized spacial score (nSPS) is 13.8. The summed E-state index contributed by atoms with van der Waals surface area (Å²) in [5.74, 6) is -0.0551. The fraction of sp³-hybridized carbons (Fsp3) is 0.222. The van der Waals surface area contributed by atoms with Gasteiger partial charge in [-0.05, 0) is 36.8 Å². The molecule has 5 heteroatoms. The summed E-state index contributed by atoms with van der Waals surface area (Å²) in [5.41, 5.74) is 3.72. The van der Waals surface area contributed by atoms with Crippen molar-refractivity contribution < 1.29 is 9.59 Å². The van der Waals surface area contributed by atoms with Crippen LogP contribution in [0, 0.1) is 6.92 Å². The number of amides is 3. The molecule has 0 radical (unpaired) electrons. The number of hydrogen-bond donors (Lipinski definition) is 2. The van der Waals surface area contributed by atoms with E-state index in [0.717, 1.165) is 16.9 Å². The number of anilines is 2. The second-order valence-corrected chi connectivity index (χ2v) is 5.64. The molecule has 2 N–H and O–H groups in total. The van der Waals surface area contributed by atoms with E-state index in [9.17, 15) is 9.59 Å². The number of rotatable bonds is 4. The molecule has 1 saturated heterocycles. The van der Waals surface area contributed by atoms with Crippen LogP contribution in [0.2, 0.25) is 0 Å². The summed E-state index contributed by atoms with van der Waals surface area (Å²) in [7, 11) is 0. The van der Waals surface area contributed by atoms with Crippen molar-refractivity contribution in [3.05, 3.63) is 59.7 Å².